The van der Waals surface area contributed by atoms with Crippen LogP contribution in [0.3, 0.4) is 0 Å². The predicted octanol–water partition coefficient (Wildman–Crippen LogP) is 3.83. The van der Waals surface area contributed by atoms with Crippen LogP contribution in [0.5, 0.6) is 5.88 Å². The molecule has 112 valence electrons. The summed E-state index contributed by atoms with van der Waals surface area (Å²) < 4.78 is 43.8. The quantitative estimate of drug-likeness (QED) is 0.932. The van der Waals surface area contributed by atoms with E-state index in [2.05, 4.69) is 4.98 Å². The molecule has 0 radical (unpaired) electrons. The molecule has 3 nitrogen and oxygen atoms in total. The van der Waals surface area contributed by atoms with Crippen LogP contribution >= 0.6 is 11.6 Å². The number of ether oxygens (including phenoxy) is 1. The van der Waals surface area contributed by atoms with Gasteiger partial charge in [-0.2, -0.15) is 13.2 Å². The van der Waals surface area contributed by atoms with Crippen molar-refractivity contribution in [1.29, 1.82) is 0 Å². The molecule has 0 aliphatic carbocycles. The van der Waals surface area contributed by atoms with Gasteiger partial charge in [-0.05, 0) is 17.2 Å². The predicted molar refractivity (Wildman–Crippen MR) is 70.9 cm³/mol. The third-order valence-electron chi connectivity index (χ3n) is 2.78. The lowest BCUT2D eigenvalue weighted by Gasteiger charge is -2.14. The van der Waals surface area contributed by atoms with E-state index in [1.165, 1.54) is 0 Å². The molecule has 1 aromatic carbocycles. The zero-order chi connectivity index (χ0) is 15.5. The van der Waals surface area contributed by atoms with Crippen molar-refractivity contribution in [2.75, 3.05) is 0 Å². The van der Waals surface area contributed by atoms with Gasteiger partial charge in [0.15, 0.2) is 0 Å². The van der Waals surface area contributed by atoms with Crippen LogP contribution in [0.15, 0.2) is 36.5 Å². The minimum Gasteiger partial charge on any atom is -0.472 e. The maximum absolute atomic E-state index is 12.9. The Hall–Kier alpha value is -1.79. The number of benzene rings is 1. The van der Waals surface area contributed by atoms with Gasteiger partial charge in [0.25, 0.3) is 0 Å². The van der Waals surface area contributed by atoms with E-state index < -0.39 is 17.6 Å². The van der Waals surface area contributed by atoms with E-state index in [9.17, 15) is 13.2 Å². The highest BCUT2D eigenvalue weighted by Gasteiger charge is 2.35. The third-order valence-corrected chi connectivity index (χ3v) is 2.98. The van der Waals surface area contributed by atoms with E-state index in [0.717, 1.165) is 12.3 Å². The number of alkyl halides is 3. The fourth-order valence-corrected chi connectivity index (χ4v) is 1.90. The Balaban J connectivity index is 2.24. The van der Waals surface area contributed by atoms with E-state index in [1.54, 1.807) is 24.3 Å². The van der Waals surface area contributed by atoms with E-state index in [4.69, 9.17) is 21.4 Å². The monoisotopic (exact) mass is 317 g/mol. The topological polar surface area (TPSA) is 42.4 Å². The first-order valence-corrected chi connectivity index (χ1v) is 6.33. The Labute approximate surface area is 124 Å². The Morgan fingerprint density at radius 3 is 2.48 bits per heavy atom. The van der Waals surface area contributed by atoms with Gasteiger partial charge in [0, 0.05) is 6.20 Å². The molecular formula is C14H11ClF3NO2. The van der Waals surface area contributed by atoms with Crippen LogP contribution in [0.2, 0.25) is 5.02 Å². The van der Waals surface area contributed by atoms with Crippen molar-refractivity contribution >= 4 is 11.6 Å². The van der Waals surface area contributed by atoms with Crippen LogP contribution in [0.1, 0.15) is 16.7 Å². The molecule has 0 atom stereocenters. The average Bonchev–Trinajstić information content (AvgIpc) is 2.45. The molecule has 0 aliphatic heterocycles. The Kier molecular flexibility index (Phi) is 4.69. The molecule has 0 saturated carbocycles. The largest absolute Gasteiger partial charge is 0.472 e. The molecule has 0 fully saturated rings. The fourth-order valence-electron chi connectivity index (χ4n) is 1.74. The van der Waals surface area contributed by atoms with Gasteiger partial charge in [0.2, 0.25) is 5.88 Å². The van der Waals surface area contributed by atoms with Gasteiger partial charge in [0.05, 0.1) is 11.6 Å². The lowest BCUT2D eigenvalue weighted by atomic mass is 10.1. The first kappa shape index (κ1) is 15.6. The van der Waals surface area contributed by atoms with E-state index in [-0.39, 0.29) is 18.2 Å². The molecule has 1 aromatic heterocycles. The summed E-state index contributed by atoms with van der Waals surface area (Å²) in [6.45, 7) is -0.353. The van der Waals surface area contributed by atoms with Crippen LogP contribution in [-0.2, 0) is 19.4 Å². The number of halogens is 4. The van der Waals surface area contributed by atoms with Crippen molar-refractivity contribution in [2.45, 2.75) is 19.4 Å². The minimum atomic E-state index is -4.61. The highest BCUT2D eigenvalue weighted by atomic mass is 35.5. The van der Waals surface area contributed by atoms with Crippen LogP contribution in [0.25, 0.3) is 0 Å². The summed E-state index contributed by atoms with van der Waals surface area (Å²) in [5.74, 6) is -0.542. The van der Waals surface area contributed by atoms with Crippen molar-refractivity contribution in [3.8, 4) is 5.88 Å². The Morgan fingerprint density at radius 2 is 1.86 bits per heavy atom. The summed E-state index contributed by atoms with van der Waals surface area (Å²) in [5.41, 5.74) is 0.140. The molecule has 0 spiro atoms. The zero-order valence-corrected chi connectivity index (χ0v) is 11.4. The summed E-state index contributed by atoms with van der Waals surface area (Å²) in [5, 5.41) is 9.05. The van der Waals surface area contributed by atoms with E-state index >= 15 is 0 Å². The second-order valence-electron chi connectivity index (χ2n) is 4.22. The number of pyridine rings is 1. The first-order valence-electron chi connectivity index (χ1n) is 5.95. The van der Waals surface area contributed by atoms with Crippen LogP contribution < -0.4 is 4.74 Å². The van der Waals surface area contributed by atoms with Crippen LogP contribution in [-0.4, -0.2) is 10.1 Å². The third kappa shape index (κ3) is 3.86. The van der Waals surface area contributed by atoms with Crippen LogP contribution in [0, 0.1) is 0 Å². The second kappa shape index (κ2) is 6.32. The summed E-state index contributed by atoms with van der Waals surface area (Å²) in [7, 11) is 0. The summed E-state index contributed by atoms with van der Waals surface area (Å²) in [6, 6.07) is 7.52. The van der Waals surface area contributed by atoms with Crippen molar-refractivity contribution in [3.63, 3.8) is 0 Å². The van der Waals surface area contributed by atoms with Crippen molar-refractivity contribution < 1.29 is 23.0 Å². The maximum Gasteiger partial charge on any atom is 0.421 e. The number of aromatic nitrogens is 1. The van der Waals surface area contributed by atoms with Gasteiger partial charge in [-0.3, -0.25) is 0 Å². The van der Waals surface area contributed by atoms with Gasteiger partial charge in [-0.25, -0.2) is 4.98 Å². The van der Waals surface area contributed by atoms with Crippen LogP contribution in [0.4, 0.5) is 13.2 Å². The zero-order valence-electron chi connectivity index (χ0n) is 10.7. The van der Waals surface area contributed by atoms with Gasteiger partial charge in [0.1, 0.15) is 12.2 Å². The van der Waals surface area contributed by atoms with Crippen molar-refractivity contribution in [2.24, 2.45) is 0 Å². The van der Waals surface area contributed by atoms with Gasteiger partial charge < -0.3 is 9.84 Å². The molecule has 1 N–H and O–H groups in total. The lowest BCUT2D eigenvalue weighted by molar-refractivity contribution is -0.139. The molecule has 1 heterocycles. The maximum atomic E-state index is 12.9. The molecule has 2 rings (SSSR count). The molecule has 0 aliphatic rings. The second-order valence-corrected chi connectivity index (χ2v) is 4.66. The Morgan fingerprint density at radius 1 is 1.19 bits per heavy atom. The smallest absolute Gasteiger partial charge is 0.421 e. The number of hydrogen-bond acceptors (Lipinski definition) is 3. The van der Waals surface area contributed by atoms with E-state index in [1.807, 2.05) is 0 Å². The number of hydrogen-bond donors (Lipinski definition) is 1. The number of aliphatic hydroxyl groups excluding tert-OH is 1. The van der Waals surface area contributed by atoms with Gasteiger partial charge >= 0.3 is 6.18 Å². The molecule has 21 heavy (non-hydrogen) atoms. The molecule has 0 bridgehead atoms. The SMILES string of the molecule is OCc1ccccc1COc1ncc(Cl)cc1C(F)(F)F. The molecule has 0 unspecified atom stereocenters. The Bertz CT molecular complexity index is 632. The van der Waals surface area contributed by atoms with E-state index in [0.29, 0.717) is 11.1 Å². The first-order chi connectivity index (χ1) is 9.91. The van der Waals surface area contributed by atoms with Crippen molar-refractivity contribution in [1.82, 2.24) is 4.98 Å². The minimum absolute atomic E-state index is 0.120. The molecular weight excluding hydrogens is 307 g/mol. The highest BCUT2D eigenvalue weighted by Crippen LogP contribution is 2.36. The highest BCUT2D eigenvalue weighted by molar-refractivity contribution is 6.30. The number of rotatable bonds is 4. The van der Waals surface area contributed by atoms with Gasteiger partial charge in [-0.15, -0.1) is 0 Å². The normalized spacial score (nSPS) is 11.5. The summed E-state index contributed by atoms with van der Waals surface area (Å²) in [4.78, 5) is 3.58. The summed E-state index contributed by atoms with van der Waals surface area (Å²) >= 11 is 5.54. The molecule has 7 heteroatoms. The van der Waals surface area contributed by atoms with Gasteiger partial charge in [-0.1, -0.05) is 35.9 Å². The lowest BCUT2D eigenvalue weighted by Crippen LogP contribution is -2.10. The van der Waals surface area contributed by atoms with Crippen molar-refractivity contribution in [3.05, 3.63) is 58.2 Å². The summed E-state index contributed by atoms with van der Waals surface area (Å²) in [6.07, 6.45) is -3.52. The standard InChI is InChI=1S/C14H11ClF3NO2/c15-11-5-12(14(16,17)18)13(19-6-11)21-8-10-4-2-1-3-9(10)7-20/h1-6,20H,7-8H2. The molecule has 0 amide bonds. The average molecular weight is 318 g/mol. The number of nitrogens with zero attached hydrogens (tertiary/aromatic N) is 1. The number of aliphatic hydroxyl groups is 1. The fraction of sp³-hybridized carbons (Fsp3) is 0.214. The molecule has 0 saturated heterocycles. The molecule has 2 aromatic rings.